The van der Waals surface area contributed by atoms with Crippen molar-refractivity contribution in [2.75, 3.05) is 0 Å². The first-order valence-corrected chi connectivity index (χ1v) is 5.38. The van der Waals surface area contributed by atoms with Gasteiger partial charge in [0.15, 0.2) is 0 Å². The SMILES string of the molecule is Fc1cccc2c1CCC2NC1CC1. The molecule has 0 bridgehead atoms. The molecule has 0 radical (unpaired) electrons. The van der Waals surface area contributed by atoms with Gasteiger partial charge in [0.2, 0.25) is 0 Å². The maximum absolute atomic E-state index is 13.4. The lowest BCUT2D eigenvalue weighted by Crippen LogP contribution is -2.21. The van der Waals surface area contributed by atoms with Gasteiger partial charge in [0.1, 0.15) is 5.82 Å². The van der Waals surface area contributed by atoms with E-state index in [9.17, 15) is 4.39 Å². The minimum absolute atomic E-state index is 0.0254. The molecule has 1 aromatic carbocycles. The van der Waals surface area contributed by atoms with Crippen molar-refractivity contribution in [3.05, 3.63) is 35.1 Å². The number of halogens is 1. The van der Waals surface area contributed by atoms with Crippen molar-refractivity contribution in [3.8, 4) is 0 Å². The summed E-state index contributed by atoms with van der Waals surface area (Å²) in [5.74, 6) is -0.0254. The second-order valence-electron chi connectivity index (χ2n) is 4.34. The first-order valence-electron chi connectivity index (χ1n) is 5.38. The van der Waals surface area contributed by atoms with Crippen LogP contribution in [0.25, 0.3) is 0 Å². The van der Waals surface area contributed by atoms with Crippen molar-refractivity contribution in [1.29, 1.82) is 0 Å². The molecule has 1 saturated carbocycles. The first-order chi connectivity index (χ1) is 6.84. The van der Waals surface area contributed by atoms with Crippen molar-refractivity contribution in [2.45, 2.75) is 37.8 Å². The van der Waals surface area contributed by atoms with E-state index in [4.69, 9.17) is 0 Å². The highest BCUT2D eigenvalue weighted by Gasteiger charge is 2.30. The average molecular weight is 191 g/mol. The second kappa shape index (κ2) is 3.06. The Hall–Kier alpha value is -0.890. The van der Waals surface area contributed by atoms with Crippen LogP contribution in [0.1, 0.15) is 36.4 Å². The molecule has 0 heterocycles. The minimum Gasteiger partial charge on any atom is -0.307 e. The van der Waals surface area contributed by atoms with Gasteiger partial charge in [0.05, 0.1) is 0 Å². The molecule has 1 atom stereocenters. The molecule has 2 aliphatic rings. The Balaban J connectivity index is 1.89. The van der Waals surface area contributed by atoms with Crippen molar-refractivity contribution in [3.63, 3.8) is 0 Å². The van der Waals surface area contributed by atoms with Gasteiger partial charge in [-0.05, 0) is 42.9 Å². The fourth-order valence-electron chi connectivity index (χ4n) is 2.32. The number of rotatable bonds is 2. The Morgan fingerprint density at radius 1 is 1.21 bits per heavy atom. The fourth-order valence-corrected chi connectivity index (χ4v) is 2.32. The third kappa shape index (κ3) is 1.34. The van der Waals surface area contributed by atoms with Crippen molar-refractivity contribution in [1.82, 2.24) is 5.32 Å². The molecular weight excluding hydrogens is 177 g/mol. The highest BCUT2D eigenvalue weighted by molar-refractivity contribution is 5.35. The second-order valence-corrected chi connectivity index (χ2v) is 4.34. The summed E-state index contributed by atoms with van der Waals surface area (Å²) in [5.41, 5.74) is 2.13. The molecule has 1 nitrogen and oxygen atoms in total. The standard InChI is InChI=1S/C12H14FN/c13-11-3-1-2-10-9(11)6-7-12(10)14-8-4-5-8/h1-3,8,12,14H,4-7H2. The van der Waals surface area contributed by atoms with E-state index in [1.807, 2.05) is 6.07 Å². The molecule has 14 heavy (non-hydrogen) atoms. The molecule has 0 aromatic heterocycles. The summed E-state index contributed by atoms with van der Waals surface area (Å²) in [6.07, 6.45) is 4.54. The number of nitrogens with one attached hydrogen (secondary N) is 1. The van der Waals surface area contributed by atoms with Crippen LogP contribution in [0.3, 0.4) is 0 Å². The largest absolute Gasteiger partial charge is 0.307 e. The van der Waals surface area contributed by atoms with Gasteiger partial charge in [-0.2, -0.15) is 0 Å². The van der Waals surface area contributed by atoms with E-state index in [1.54, 1.807) is 6.07 Å². The van der Waals surface area contributed by atoms with Crippen molar-refractivity contribution in [2.24, 2.45) is 0 Å². The van der Waals surface area contributed by atoms with E-state index < -0.39 is 0 Å². The molecule has 2 heteroatoms. The first kappa shape index (κ1) is 8.42. The molecule has 0 aliphatic heterocycles. The zero-order chi connectivity index (χ0) is 9.54. The van der Waals surface area contributed by atoms with Crippen LogP contribution in [-0.4, -0.2) is 6.04 Å². The van der Waals surface area contributed by atoms with Crippen LogP contribution in [0.2, 0.25) is 0 Å². The average Bonchev–Trinajstić information content (AvgIpc) is 2.88. The molecule has 0 saturated heterocycles. The summed E-state index contributed by atoms with van der Waals surface area (Å²) in [4.78, 5) is 0. The number of hydrogen-bond donors (Lipinski definition) is 1. The zero-order valence-electron chi connectivity index (χ0n) is 8.09. The molecule has 2 aliphatic carbocycles. The van der Waals surface area contributed by atoms with Crippen molar-refractivity contribution < 1.29 is 4.39 Å². The predicted octanol–water partition coefficient (Wildman–Crippen LogP) is 2.57. The van der Waals surface area contributed by atoms with E-state index in [-0.39, 0.29) is 5.82 Å². The van der Waals surface area contributed by atoms with E-state index >= 15 is 0 Å². The molecule has 74 valence electrons. The van der Waals surface area contributed by atoms with Crippen LogP contribution in [0.4, 0.5) is 4.39 Å². The van der Waals surface area contributed by atoms with Gasteiger partial charge in [-0.3, -0.25) is 0 Å². The van der Waals surface area contributed by atoms with Crippen molar-refractivity contribution >= 4 is 0 Å². The predicted molar refractivity (Wildman–Crippen MR) is 53.6 cm³/mol. The van der Waals surface area contributed by atoms with Gasteiger partial charge in [0, 0.05) is 12.1 Å². The van der Waals surface area contributed by atoms with Crippen LogP contribution >= 0.6 is 0 Å². The normalized spacial score (nSPS) is 25.1. The van der Waals surface area contributed by atoms with Gasteiger partial charge in [0.25, 0.3) is 0 Å². The van der Waals surface area contributed by atoms with Crippen LogP contribution in [0.5, 0.6) is 0 Å². The lowest BCUT2D eigenvalue weighted by Gasteiger charge is -2.12. The summed E-state index contributed by atoms with van der Waals surface area (Å²) in [7, 11) is 0. The molecule has 1 N–H and O–H groups in total. The molecule has 1 unspecified atom stereocenters. The van der Waals surface area contributed by atoms with E-state index in [0.29, 0.717) is 12.1 Å². The highest BCUT2D eigenvalue weighted by atomic mass is 19.1. The Kier molecular flexibility index (Phi) is 1.84. The van der Waals surface area contributed by atoms with Gasteiger partial charge in [-0.25, -0.2) is 4.39 Å². The van der Waals surface area contributed by atoms with Crippen LogP contribution in [0, 0.1) is 5.82 Å². The summed E-state index contributed by atoms with van der Waals surface area (Å²) >= 11 is 0. The van der Waals surface area contributed by atoms with E-state index in [2.05, 4.69) is 11.4 Å². The van der Waals surface area contributed by atoms with Gasteiger partial charge in [-0.1, -0.05) is 12.1 Å². The molecule has 0 spiro atoms. The monoisotopic (exact) mass is 191 g/mol. The highest BCUT2D eigenvalue weighted by Crippen LogP contribution is 2.35. The Labute approximate surface area is 83.3 Å². The lowest BCUT2D eigenvalue weighted by atomic mass is 10.1. The maximum Gasteiger partial charge on any atom is 0.126 e. The quantitative estimate of drug-likeness (QED) is 0.757. The Bertz CT molecular complexity index is 357. The maximum atomic E-state index is 13.4. The van der Waals surface area contributed by atoms with Gasteiger partial charge >= 0.3 is 0 Å². The third-order valence-corrected chi connectivity index (χ3v) is 3.23. The number of benzene rings is 1. The molecule has 3 rings (SSSR count). The van der Waals surface area contributed by atoms with Crippen LogP contribution in [0.15, 0.2) is 18.2 Å². The fraction of sp³-hybridized carbons (Fsp3) is 0.500. The zero-order valence-corrected chi connectivity index (χ0v) is 8.09. The van der Waals surface area contributed by atoms with E-state index in [0.717, 1.165) is 18.4 Å². The summed E-state index contributed by atoms with van der Waals surface area (Å²) in [5, 5.41) is 3.57. The Morgan fingerprint density at radius 3 is 2.86 bits per heavy atom. The lowest BCUT2D eigenvalue weighted by molar-refractivity contribution is 0.527. The van der Waals surface area contributed by atoms with E-state index in [1.165, 1.54) is 18.4 Å². The Morgan fingerprint density at radius 2 is 2.07 bits per heavy atom. The smallest absolute Gasteiger partial charge is 0.126 e. The topological polar surface area (TPSA) is 12.0 Å². The minimum atomic E-state index is -0.0254. The molecular formula is C12H14FN. The third-order valence-electron chi connectivity index (χ3n) is 3.23. The van der Waals surface area contributed by atoms with Gasteiger partial charge < -0.3 is 5.32 Å². The molecule has 1 aromatic rings. The van der Waals surface area contributed by atoms with Crippen LogP contribution in [-0.2, 0) is 6.42 Å². The molecule has 0 amide bonds. The van der Waals surface area contributed by atoms with Gasteiger partial charge in [-0.15, -0.1) is 0 Å². The number of hydrogen-bond acceptors (Lipinski definition) is 1. The number of fused-ring (bicyclic) bond motifs is 1. The van der Waals surface area contributed by atoms with Crippen LogP contribution < -0.4 is 5.32 Å². The molecule has 1 fully saturated rings. The summed E-state index contributed by atoms with van der Waals surface area (Å²) in [6, 6.07) is 6.56. The summed E-state index contributed by atoms with van der Waals surface area (Å²) < 4.78 is 13.4. The summed E-state index contributed by atoms with van der Waals surface area (Å²) in [6.45, 7) is 0.